The molecule has 6 heteroatoms. The van der Waals surface area contributed by atoms with Crippen molar-refractivity contribution in [3.63, 3.8) is 0 Å². The molecule has 0 radical (unpaired) electrons. The van der Waals surface area contributed by atoms with Crippen molar-refractivity contribution < 1.29 is 29.3 Å². The molecule has 0 amide bonds. The summed E-state index contributed by atoms with van der Waals surface area (Å²) in [5, 5.41) is 20.9. The lowest BCUT2D eigenvalue weighted by atomic mass is 9.93. The van der Waals surface area contributed by atoms with Crippen molar-refractivity contribution in [2.75, 3.05) is 13.2 Å². The number of unbranched alkanes of at least 4 members (excludes halogenated alkanes) is 18. The van der Waals surface area contributed by atoms with Gasteiger partial charge >= 0.3 is 11.9 Å². The fraction of sp³-hybridized carbons (Fsp3) is 0.951. The second kappa shape index (κ2) is 34.7. The van der Waals surface area contributed by atoms with Gasteiger partial charge in [-0.1, -0.05) is 156 Å². The van der Waals surface area contributed by atoms with Crippen molar-refractivity contribution >= 4 is 11.9 Å². The lowest BCUT2D eigenvalue weighted by molar-refractivity contribution is -0.146. The minimum absolute atomic E-state index is 0.171. The van der Waals surface area contributed by atoms with Crippen LogP contribution >= 0.6 is 0 Å². The predicted octanol–water partition coefficient (Wildman–Crippen LogP) is 11.4. The average Bonchev–Trinajstić information content (AvgIpc) is 3.06. The first kappa shape index (κ1) is 45.9. The van der Waals surface area contributed by atoms with Gasteiger partial charge in [0.2, 0.25) is 0 Å². The van der Waals surface area contributed by atoms with E-state index >= 15 is 0 Å². The number of carbonyl (C=O) groups is 2. The maximum atomic E-state index is 12.0. The van der Waals surface area contributed by atoms with E-state index in [1.165, 1.54) is 77.0 Å². The van der Waals surface area contributed by atoms with Gasteiger partial charge in [0, 0.05) is 19.3 Å². The maximum absolute atomic E-state index is 12.0. The number of ether oxygens (including phenoxy) is 2. The SMILES string of the molecule is CCCCCCCCC(C)C(O)CCCCCCCC(=O)OCCCOC(=O)CCCCCCCC(O)C(C)CCCCCCCC. The van der Waals surface area contributed by atoms with Crippen molar-refractivity contribution in [2.24, 2.45) is 11.8 Å². The van der Waals surface area contributed by atoms with E-state index in [2.05, 4.69) is 27.7 Å². The number of esters is 2. The largest absolute Gasteiger partial charge is 0.466 e. The zero-order valence-corrected chi connectivity index (χ0v) is 31.8. The standard InChI is InChI=1S/C41H80O6/c1-5-7-9-11-15-21-28-36(3)38(42)30-23-17-13-19-25-32-40(44)46-34-27-35-47-41(45)33-26-20-14-18-24-31-39(43)37(4)29-22-16-12-10-8-6-2/h36-39,42-43H,5-35H2,1-4H3. The topological polar surface area (TPSA) is 93.1 Å². The minimum Gasteiger partial charge on any atom is -0.466 e. The van der Waals surface area contributed by atoms with Crippen LogP contribution < -0.4 is 0 Å². The summed E-state index contributed by atoms with van der Waals surface area (Å²) in [5.74, 6) is 0.435. The Kier molecular flexibility index (Phi) is 33.9. The van der Waals surface area contributed by atoms with Gasteiger partial charge in [-0.2, -0.15) is 0 Å². The first-order chi connectivity index (χ1) is 22.8. The molecule has 0 bridgehead atoms. The Balaban J connectivity index is 3.51. The van der Waals surface area contributed by atoms with E-state index in [0.29, 0.717) is 44.3 Å². The average molecular weight is 669 g/mol. The van der Waals surface area contributed by atoms with E-state index in [4.69, 9.17) is 9.47 Å². The highest BCUT2D eigenvalue weighted by molar-refractivity contribution is 5.69. The molecule has 4 atom stereocenters. The molecule has 0 spiro atoms. The molecule has 4 unspecified atom stereocenters. The molecule has 0 saturated heterocycles. The van der Waals surface area contributed by atoms with Gasteiger partial charge in [-0.3, -0.25) is 9.59 Å². The highest BCUT2D eigenvalue weighted by Gasteiger charge is 2.14. The van der Waals surface area contributed by atoms with E-state index < -0.39 is 0 Å². The Bertz CT molecular complexity index is 627. The second-order valence-corrected chi connectivity index (χ2v) is 14.6. The van der Waals surface area contributed by atoms with Gasteiger partial charge in [0.25, 0.3) is 0 Å². The third-order valence-electron chi connectivity index (χ3n) is 9.92. The molecule has 47 heavy (non-hydrogen) atoms. The summed E-state index contributed by atoms with van der Waals surface area (Å²) in [4.78, 5) is 24.0. The summed E-state index contributed by atoms with van der Waals surface area (Å²) in [6.45, 7) is 9.45. The number of aliphatic hydroxyl groups excluding tert-OH is 2. The summed E-state index contributed by atoms with van der Waals surface area (Å²) in [7, 11) is 0. The van der Waals surface area contributed by atoms with Crippen molar-refractivity contribution in [3.05, 3.63) is 0 Å². The number of hydrogen-bond acceptors (Lipinski definition) is 6. The van der Waals surface area contributed by atoms with Gasteiger partial charge in [-0.15, -0.1) is 0 Å². The molecular formula is C41H80O6. The quantitative estimate of drug-likeness (QED) is 0.0510. The van der Waals surface area contributed by atoms with E-state index in [1.807, 2.05) is 0 Å². The van der Waals surface area contributed by atoms with Crippen molar-refractivity contribution in [1.82, 2.24) is 0 Å². The van der Waals surface area contributed by atoms with E-state index in [0.717, 1.165) is 89.9 Å². The normalized spacial score (nSPS) is 14.1. The molecule has 0 aliphatic rings. The van der Waals surface area contributed by atoms with Crippen LogP contribution in [0.4, 0.5) is 0 Å². The molecule has 0 rings (SSSR count). The zero-order chi connectivity index (χ0) is 34.8. The van der Waals surface area contributed by atoms with Crippen LogP contribution in [0.25, 0.3) is 0 Å². The van der Waals surface area contributed by atoms with Crippen LogP contribution in [0.5, 0.6) is 0 Å². The van der Waals surface area contributed by atoms with Crippen LogP contribution in [0.2, 0.25) is 0 Å². The third-order valence-corrected chi connectivity index (χ3v) is 9.92. The summed E-state index contributed by atoms with van der Waals surface area (Å²) in [6, 6.07) is 0. The molecule has 0 heterocycles. The smallest absolute Gasteiger partial charge is 0.305 e. The van der Waals surface area contributed by atoms with Gasteiger partial charge in [0.1, 0.15) is 0 Å². The molecule has 0 aromatic rings. The van der Waals surface area contributed by atoms with Gasteiger partial charge < -0.3 is 19.7 Å². The van der Waals surface area contributed by atoms with Crippen LogP contribution in [0.15, 0.2) is 0 Å². The van der Waals surface area contributed by atoms with Crippen LogP contribution in [-0.4, -0.2) is 47.6 Å². The highest BCUT2D eigenvalue weighted by atomic mass is 16.5. The first-order valence-corrected chi connectivity index (χ1v) is 20.5. The van der Waals surface area contributed by atoms with Crippen LogP contribution in [-0.2, 0) is 19.1 Å². The lowest BCUT2D eigenvalue weighted by Gasteiger charge is -2.18. The van der Waals surface area contributed by atoms with Gasteiger partial charge in [0.15, 0.2) is 0 Å². The Morgan fingerprint density at radius 2 is 0.723 bits per heavy atom. The van der Waals surface area contributed by atoms with Crippen molar-refractivity contribution in [2.45, 2.75) is 226 Å². The van der Waals surface area contributed by atoms with E-state index in [-0.39, 0.29) is 24.1 Å². The monoisotopic (exact) mass is 669 g/mol. The fourth-order valence-electron chi connectivity index (χ4n) is 6.33. The third kappa shape index (κ3) is 31.9. The minimum atomic E-state index is -0.186. The van der Waals surface area contributed by atoms with Gasteiger partial charge in [-0.05, 0) is 50.4 Å². The molecule has 0 aliphatic heterocycles. The molecule has 0 saturated carbocycles. The first-order valence-electron chi connectivity index (χ1n) is 20.5. The Morgan fingerprint density at radius 3 is 1.09 bits per heavy atom. The maximum Gasteiger partial charge on any atom is 0.305 e. The molecule has 0 aliphatic carbocycles. The second-order valence-electron chi connectivity index (χ2n) is 14.6. The van der Waals surface area contributed by atoms with Crippen molar-refractivity contribution in [1.29, 1.82) is 0 Å². The van der Waals surface area contributed by atoms with Crippen LogP contribution in [0.3, 0.4) is 0 Å². The number of rotatable bonds is 36. The van der Waals surface area contributed by atoms with Crippen molar-refractivity contribution in [3.8, 4) is 0 Å². The van der Waals surface area contributed by atoms with E-state index in [1.54, 1.807) is 0 Å². The summed E-state index contributed by atoms with van der Waals surface area (Å²) >= 11 is 0. The Labute approximate surface area is 291 Å². The van der Waals surface area contributed by atoms with E-state index in [9.17, 15) is 19.8 Å². The summed E-state index contributed by atoms with van der Waals surface area (Å²) < 4.78 is 10.6. The number of hydrogen-bond donors (Lipinski definition) is 2. The Hall–Kier alpha value is -1.14. The number of carbonyl (C=O) groups excluding carboxylic acids is 2. The van der Waals surface area contributed by atoms with Gasteiger partial charge in [0.05, 0.1) is 25.4 Å². The molecule has 0 aromatic heterocycles. The number of aliphatic hydroxyl groups is 2. The Morgan fingerprint density at radius 1 is 0.426 bits per heavy atom. The van der Waals surface area contributed by atoms with Crippen LogP contribution in [0, 0.1) is 11.8 Å². The fourth-order valence-corrected chi connectivity index (χ4v) is 6.33. The molecule has 6 nitrogen and oxygen atoms in total. The molecule has 0 fully saturated rings. The summed E-state index contributed by atoms with van der Waals surface area (Å²) in [5.41, 5.74) is 0. The van der Waals surface area contributed by atoms with Crippen LogP contribution in [0.1, 0.15) is 214 Å². The molecule has 2 N–H and O–H groups in total. The highest BCUT2D eigenvalue weighted by Crippen LogP contribution is 2.21. The lowest BCUT2D eigenvalue weighted by Crippen LogP contribution is -2.17. The van der Waals surface area contributed by atoms with Gasteiger partial charge in [-0.25, -0.2) is 0 Å². The molecular weight excluding hydrogens is 588 g/mol. The molecule has 0 aromatic carbocycles. The molecule has 280 valence electrons. The summed E-state index contributed by atoms with van der Waals surface area (Å²) in [6.07, 6.45) is 30.9. The zero-order valence-electron chi connectivity index (χ0n) is 31.8. The predicted molar refractivity (Wildman–Crippen MR) is 198 cm³/mol.